The summed E-state index contributed by atoms with van der Waals surface area (Å²) >= 11 is 0. The first-order chi connectivity index (χ1) is 18.0. The van der Waals surface area contributed by atoms with Gasteiger partial charge in [0.1, 0.15) is 5.82 Å². The zero-order valence-electron chi connectivity index (χ0n) is 20.5. The van der Waals surface area contributed by atoms with Gasteiger partial charge in [0.05, 0.1) is 24.1 Å². The molecule has 0 aliphatic heterocycles. The molecule has 0 atom stereocenters. The van der Waals surface area contributed by atoms with Crippen LogP contribution in [-0.4, -0.2) is 28.2 Å². The highest BCUT2D eigenvalue weighted by Crippen LogP contribution is 2.35. The van der Waals surface area contributed by atoms with Crippen molar-refractivity contribution in [2.24, 2.45) is 7.05 Å². The van der Waals surface area contributed by atoms with Crippen LogP contribution in [0.4, 0.5) is 33.7 Å². The zero-order valence-corrected chi connectivity index (χ0v) is 20.5. The molecular weight excluding hydrogens is 504 g/mol. The molecule has 2 aromatic carbocycles. The fourth-order valence-corrected chi connectivity index (χ4v) is 4.00. The maximum absolute atomic E-state index is 14.8. The maximum Gasteiger partial charge on any atom is 0.416 e. The number of alkyl halides is 3. The average Bonchev–Trinajstić information content (AvgIpc) is 3.26. The second-order valence-corrected chi connectivity index (χ2v) is 8.57. The molecule has 7 nitrogen and oxygen atoms in total. The highest BCUT2D eigenvalue weighted by molar-refractivity contribution is 6.02. The summed E-state index contributed by atoms with van der Waals surface area (Å²) in [6.07, 6.45) is 1.76. The molecule has 1 aromatic heterocycles. The molecule has 2 amide bonds. The van der Waals surface area contributed by atoms with Gasteiger partial charge in [0, 0.05) is 31.8 Å². The minimum Gasteiger partial charge on any atom is -0.490 e. The Balaban J connectivity index is 1.47. The Kier molecular flexibility index (Phi) is 7.65. The number of aromatic nitrogens is 2. The van der Waals surface area contributed by atoms with Crippen molar-refractivity contribution in [3.63, 3.8) is 0 Å². The fraction of sp³-hybridized carbons (Fsp3) is 0.222. The van der Waals surface area contributed by atoms with Gasteiger partial charge in [-0.1, -0.05) is 18.2 Å². The fourth-order valence-electron chi connectivity index (χ4n) is 4.00. The quantitative estimate of drug-likeness (QED) is 0.364. The van der Waals surface area contributed by atoms with E-state index in [0.29, 0.717) is 23.3 Å². The monoisotopic (exact) mass is 528 g/mol. The number of nitrogens with one attached hydrogen (secondary N) is 2. The third-order valence-electron chi connectivity index (χ3n) is 5.75. The number of amides is 2. The van der Waals surface area contributed by atoms with E-state index in [9.17, 15) is 27.2 Å². The summed E-state index contributed by atoms with van der Waals surface area (Å²) in [5, 5.41) is 8.60. The van der Waals surface area contributed by atoms with E-state index in [-0.39, 0.29) is 41.3 Å². The molecule has 0 saturated heterocycles. The molecule has 1 aliphatic rings. The van der Waals surface area contributed by atoms with E-state index in [1.807, 2.05) is 0 Å². The SMILES string of the molecule is CCOC1=CC(c2ccc(NC(=O)Nc3ccc(Cc4cnn(C)c4)c(C(F)(F)F)c3)c(F)c2)=CCC1=O. The number of nitrogens with zero attached hydrogens (tertiary/aromatic N) is 2. The van der Waals surface area contributed by atoms with Gasteiger partial charge < -0.3 is 15.4 Å². The standard InChI is InChI=1S/C27H24F4N4O3/c1-3-38-25-12-18(6-9-24(25)36)17-5-8-23(22(28)11-17)34-26(37)33-20-7-4-19(21(13-20)27(29,30)31)10-16-14-32-35(2)15-16/h4-8,11-15H,3,9-10H2,1-2H3,(H2,33,34,37). The van der Waals surface area contributed by atoms with Crippen LogP contribution >= 0.6 is 0 Å². The number of allylic oxidation sites excluding steroid dienone is 4. The van der Waals surface area contributed by atoms with Gasteiger partial charge in [-0.05, 0) is 59.5 Å². The van der Waals surface area contributed by atoms with Crippen molar-refractivity contribution < 1.29 is 31.9 Å². The van der Waals surface area contributed by atoms with Crippen LogP contribution in [0.25, 0.3) is 5.57 Å². The first kappa shape index (κ1) is 26.6. The Morgan fingerprint density at radius 1 is 1.16 bits per heavy atom. The third kappa shape index (κ3) is 6.28. The van der Waals surface area contributed by atoms with E-state index in [4.69, 9.17) is 4.74 Å². The maximum atomic E-state index is 14.8. The van der Waals surface area contributed by atoms with Gasteiger partial charge in [-0.15, -0.1) is 0 Å². The first-order valence-electron chi connectivity index (χ1n) is 11.7. The molecule has 1 heterocycles. The molecule has 198 valence electrons. The minimum absolute atomic E-state index is 0.0125. The van der Waals surface area contributed by atoms with Gasteiger partial charge in [0.25, 0.3) is 0 Å². The normalized spacial score (nSPS) is 13.6. The van der Waals surface area contributed by atoms with Gasteiger partial charge >= 0.3 is 12.2 Å². The van der Waals surface area contributed by atoms with Crippen molar-refractivity contribution in [2.75, 3.05) is 17.2 Å². The molecule has 0 radical (unpaired) electrons. The van der Waals surface area contributed by atoms with E-state index in [1.165, 1.54) is 41.2 Å². The number of rotatable bonds is 7. The van der Waals surface area contributed by atoms with Crippen molar-refractivity contribution in [3.05, 3.63) is 94.8 Å². The van der Waals surface area contributed by atoms with Gasteiger partial charge in [-0.2, -0.15) is 18.3 Å². The molecule has 0 fully saturated rings. The molecule has 4 rings (SSSR count). The topological polar surface area (TPSA) is 85.2 Å². The Hall–Kier alpha value is -4.41. The number of Topliss-reactive ketones (excluding diaryl/α,β-unsaturated/α-hetero) is 1. The summed E-state index contributed by atoms with van der Waals surface area (Å²) in [6, 6.07) is 6.62. The molecule has 0 bridgehead atoms. The van der Waals surface area contributed by atoms with Crippen LogP contribution < -0.4 is 10.6 Å². The summed E-state index contributed by atoms with van der Waals surface area (Å²) in [5.41, 5.74) is 0.526. The molecule has 38 heavy (non-hydrogen) atoms. The van der Waals surface area contributed by atoms with E-state index in [2.05, 4.69) is 15.7 Å². The Morgan fingerprint density at radius 3 is 2.61 bits per heavy atom. The lowest BCUT2D eigenvalue weighted by molar-refractivity contribution is -0.138. The summed E-state index contributed by atoms with van der Waals surface area (Å²) in [7, 11) is 1.67. The Labute approximate surface area is 215 Å². The number of ether oxygens (including phenoxy) is 1. The van der Waals surface area contributed by atoms with Gasteiger partial charge in [-0.3, -0.25) is 9.48 Å². The molecular formula is C27H24F4N4O3. The van der Waals surface area contributed by atoms with Crippen LogP contribution in [0.3, 0.4) is 0 Å². The summed E-state index contributed by atoms with van der Waals surface area (Å²) in [4.78, 5) is 24.4. The molecule has 3 aromatic rings. The first-order valence-corrected chi connectivity index (χ1v) is 11.7. The van der Waals surface area contributed by atoms with Gasteiger partial charge in [0.15, 0.2) is 5.76 Å². The number of anilines is 2. The van der Waals surface area contributed by atoms with E-state index >= 15 is 0 Å². The van der Waals surface area contributed by atoms with Gasteiger partial charge in [0.2, 0.25) is 5.78 Å². The van der Waals surface area contributed by atoms with E-state index < -0.39 is 23.6 Å². The van der Waals surface area contributed by atoms with Crippen molar-refractivity contribution in [2.45, 2.75) is 25.9 Å². The lowest BCUT2D eigenvalue weighted by Crippen LogP contribution is -2.21. The number of hydrogen-bond donors (Lipinski definition) is 2. The molecule has 1 aliphatic carbocycles. The van der Waals surface area contributed by atoms with Crippen LogP contribution in [0, 0.1) is 5.82 Å². The predicted molar refractivity (Wildman–Crippen MR) is 134 cm³/mol. The van der Waals surface area contributed by atoms with E-state index in [1.54, 1.807) is 32.3 Å². The molecule has 11 heteroatoms. The molecule has 0 saturated carbocycles. The van der Waals surface area contributed by atoms with Crippen LogP contribution in [0.15, 0.2) is 66.7 Å². The molecule has 2 N–H and O–H groups in total. The second-order valence-electron chi connectivity index (χ2n) is 8.57. The third-order valence-corrected chi connectivity index (χ3v) is 5.75. The highest BCUT2D eigenvalue weighted by Gasteiger charge is 2.33. The summed E-state index contributed by atoms with van der Waals surface area (Å²) < 4.78 is 62.7. The van der Waals surface area contributed by atoms with Gasteiger partial charge in [-0.25, -0.2) is 9.18 Å². The Bertz CT molecular complexity index is 1440. The zero-order chi connectivity index (χ0) is 27.4. The number of ketones is 1. The largest absolute Gasteiger partial charge is 0.490 e. The number of benzene rings is 2. The number of hydrogen-bond acceptors (Lipinski definition) is 4. The summed E-state index contributed by atoms with van der Waals surface area (Å²) in [5.74, 6) is -0.744. The number of aryl methyl sites for hydroxylation is 1. The number of carbonyl (C=O) groups excluding carboxylic acids is 2. The van der Waals surface area contributed by atoms with Crippen molar-refractivity contribution in [1.29, 1.82) is 0 Å². The van der Waals surface area contributed by atoms with Crippen molar-refractivity contribution in [1.82, 2.24) is 9.78 Å². The van der Waals surface area contributed by atoms with Crippen LogP contribution in [0.5, 0.6) is 0 Å². The minimum atomic E-state index is -4.65. The number of halogens is 4. The lowest BCUT2D eigenvalue weighted by atomic mass is 9.97. The number of carbonyl (C=O) groups is 2. The molecule has 0 unspecified atom stereocenters. The van der Waals surface area contributed by atoms with Crippen molar-refractivity contribution in [3.8, 4) is 0 Å². The van der Waals surface area contributed by atoms with Crippen LogP contribution in [0.2, 0.25) is 0 Å². The average molecular weight is 529 g/mol. The van der Waals surface area contributed by atoms with Crippen LogP contribution in [-0.2, 0) is 29.2 Å². The van der Waals surface area contributed by atoms with Crippen molar-refractivity contribution >= 4 is 28.8 Å². The Morgan fingerprint density at radius 2 is 1.95 bits per heavy atom. The second kappa shape index (κ2) is 10.9. The predicted octanol–water partition coefficient (Wildman–Crippen LogP) is 6.09. The number of urea groups is 1. The van der Waals surface area contributed by atoms with Crippen LogP contribution in [0.1, 0.15) is 35.6 Å². The highest BCUT2D eigenvalue weighted by atomic mass is 19.4. The molecule has 0 spiro atoms. The lowest BCUT2D eigenvalue weighted by Gasteiger charge is -2.16. The summed E-state index contributed by atoms with van der Waals surface area (Å²) in [6.45, 7) is 2.06. The smallest absolute Gasteiger partial charge is 0.416 e. The van der Waals surface area contributed by atoms with E-state index in [0.717, 1.165) is 6.07 Å².